The lowest BCUT2D eigenvalue weighted by Gasteiger charge is -2.39. The molecule has 2 bridgehead atoms. The van der Waals surface area contributed by atoms with E-state index >= 15 is 0 Å². The van der Waals surface area contributed by atoms with Crippen LogP contribution in [0.3, 0.4) is 0 Å². The van der Waals surface area contributed by atoms with Gasteiger partial charge in [0.05, 0.1) is 0 Å². The quantitative estimate of drug-likeness (QED) is 0.813. The molecule has 3 aliphatic rings. The monoisotopic (exact) mass is 376 g/mol. The molecule has 5 nitrogen and oxygen atoms in total. The van der Waals surface area contributed by atoms with E-state index in [4.69, 9.17) is 0 Å². The molecule has 0 spiro atoms. The first-order valence-electron chi connectivity index (χ1n) is 8.99. The topological polar surface area (TPSA) is 57.7 Å². The molecule has 0 aliphatic carbocycles. The van der Waals surface area contributed by atoms with E-state index in [2.05, 4.69) is 0 Å². The van der Waals surface area contributed by atoms with Crippen LogP contribution in [-0.4, -0.2) is 51.2 Å². The molecule has 0 radical (unpaired) electrons. The van der Waals surface area contributed by atoms with Crippen molar-refractivity contribution >= 4 is 28.8 Å². The number of imide groups is 1. The van der Waals surface area contributed by atoms with Gasteiger partial charge in [-0.2, -0.15) is 0 Å². The predicted octanol–water partition coefficient (Wildman–Crippen LogP) is 3.15. The van der Waals surface area contributed by atoms with Crippen molar-refractivity contribution in [1.29, 1.82) is 0 Å². The smallest absolute Gasteiger partial charge is 0.288 e. The highest BCUT2D eigenvalue weighted by atomic mass is 32.2. The molecule has 26 heavy (non-hydrogen) atoms. The van der Waals surface area contributed by atoms with Crippen molar-refractivity contribution in [1.82, 2.24) is 9.80 Å². The second-order valence-corrected chi connectivity index (χ2v) is 8.53. The maximum Gasteiger partial charge on any atom is 0.288 e. The van der Waals surface area contributed by atoms with Crippen LogP contribution in [0.15, 0.2) is 24.3 Å². The molecule has 3 amide bonds. The number of carbonyl (C=O) groups is 3. The molecule has 0 saturated carbocycles. The molecule has 1 aromatic carbocycles. The first-order valence-corrected chi connectivity index (χ1v) is 9.87. The Morgan fingerprint density at radius 3 is 2.31 bits per heavy atom. The van der Waals surface area contributed by atoms with Gasteiger partial charge in [-0.15, -0.1) is 0 Å². The zero-order valence-corrected chi connectivity index (χ0v) is 15.4. The van der Waals surface area contributed by atoms with E-state index in [1.165, 1.54) is 19.2 Å². The van der Waals surface area contributed by atoms with Crippen molar-refractivity contribution in [2.45, 2.75) is 55.4 Å². The first kappa shape index (κ1) is 17.5. The van der Waals surface area contributed by atoms with Gasteiger partial charge in [0.25, 0.3) is 5.24 Å². The van der Waals surface area contributed by atoms with E-state index in [1.807, 2.05) is 17.0 Å². The number of fused-ring (bicyclic) bond motifs is 2. The maximum atomic E-state index is 13.2. The van der Waals surface area contributed by atoms with E-state index in [1.54, 1.807) is 0 Å². The fraction of sp³-hybridized carbons (Fsp3) is 0.526. The number of carbonyl (C=O) groups excluding carboxylic acids is 3. The van der Waals surface area contributed by atoms with Crippen molar-refractivity contribution in [3.63, 3.8) is 0 Å². The van der Waals surface area contributed by atoms with Crippen molar-refractivity contribution in [2.75, 3.05) is 7.05 Å². The average Bonchev–Trinajstić information content (AvgIpc) is 3.02. The Morgan fingerprint density at radius 2 is 1.77 bits per heavy atom. The molecule has 3 saturated heterocycles. The summed E-state index contributed by atoms with van der Waals surface area (Å²) in [7, 11) is 1.46. The van der Waals surface area contributed by atoms with Gasteiger partial charge >= 0.3 is 0 Å². The Labute approximate surface area is 155 Å². The summed E-state index contributed by atoms with van der Waals surface area (Å²) in [5.74, 6) is -0.194. The van der Waals surface area contributed by atoms with Gasteiger partial charge < -0.3 is 4.90 Å². The molecular weight excluding hydrogens is 355 g/mol. The predicted molar refractivity (Wildman–Crippen MR) is 96.2 cm³/mol. The van der Waals surface area contributed by atoms with Crippen molar-refractivity contribution < 1.29 is 18.8 Å². The summed E-state index contributed by atoms with van der Waals surface area (Å²) in [5, 5.41) is -0.875. The Hall–Kier alpha value is -1.89. The molecule has 3 heterocycles. The molecule has 7 heteroatoms. The summed E-state index contributed by atoms with van der Waals surface area (Å²) in [6, 6.07) is 7.01. The summed E-state index contributed by atoms with van der Waals surface area (Å²) in [6.07, 6.45) is 3.78. The number of benzene rings is 1. The third-order valence-corrected chi connectivity index (χ3v) is 6.97. The third kappa shape index (κ3) is 3.02. The SMILES string of the molecule is CN1C(=O)S[C@H](CC(=O)N2[C@H]3CC[C@H]2CC(c2ccc(F)cc2)C3)C1=O. The van der Waals surface area contributed by atoms with Crippen LogP contribution in [0.5, 0.6) is 0 Å². The van der Waals surface area contributed by atoms with E-state index in [9.17, 15) is 18.8 Å². The van der Waals surface area contributed by atoms with Crippen molar-refractivity contribution in [2.24, 2.45) is 0 Å². The van der Waals surface area contributed by atoms with Crippen LogP contribution in [0.4, 0.5) is 9.18 Å². The minimum atomic E-state index is -0.589. The van der Waals surface area contributed by atoms with Gasteiger partial charge in [0.1, 0.15) is 11.1 Å². The van der Waals surface area contributed by atoms with E-state index in [-0.39, 0.29) is 41.4 Å². The molecule has 1 aromatic rings. The van der Waals surface area contributed by atoms with Gasteiger partial charge in [-0.3, -0.25) is 19.3 Å². The Kier molecular flexibility index (Phi) is 4.50. The lowest BCUT2D eigenvalue weighted by molar-refractivity contribution is -0.138. The van der Waals surface area contributed by atoms with Crippen LogP contribution in [0.1, 0.15) is 43.6 Å². The zero-order chi connectivity index (χ0) is 18.4. The van der Waals surface area contributed by atoms with Gasteiger partial charge in [0.15, 0.2) is 0 Å². The van der Waals surface area contributed by atoms with Crippen LogP contribution in [0, 0.1) is 5.82 Å². The normalized spacial score (nSPS) is 31.0. The molecule has 3 aliphatic heterocycles. The highest BCUT2D eigenvalue weighted by Crippen LogP contribution is 2.44. The molecule has 0 unspecified atom stereocenters. The van der Waals surface area contributed by atoms with Gasteiger partial charge in [0, 0.05) is 25.6 Å². The number of nitrogens with zero attached hydrogens (tertiary/aromatic N) is 2. The summed E-state index contributed by atoms with van der Waals surface area (Å²) in [6.45, 7) is 0. The molecule has 3 atom stereocenters. The number of rotatable bonds is 3. The summed E-state index contributed by atoms with van der Waals surface area (Å²) in [4.78, 5) is 39.6. The van der Waals surface area contributed by atoms with Gasteiger partial charge in [-0.1, -0.05) is 23.9 Å². The van der Waals surface area contributed by atoms with Crippen LogP contribution in [0.25, 0.3) is 0 Å². The fourth-order valence-corrected chi connectivity index (χ4v) is 5.52. The standard InChI is InChI=1S/C19H21FN2O3S/c1-21-18(24)16(26-19(21)25)10-17(23)22-14-6-7-15(22)9-12(8-14)11-2-4-13(20)5-3-11/h2-5,12,14-16H,6-10H2,1H3/t14-,15-,16+/m0/s1. The van der Waals surface area contributed by atoms with Crippen LogP contribution >= 0.6 is 11.8 Å². The summed E-state index contributed by atoms with van der Waals surface area (Å²) in [5.41, 5.74) is 1.13. The second-order valence-electron chi connectivity index (χ2n) is 7.38. The molecular formula is C19H21FN2O3S. The number of piperidine rings is 1. The molecule has 0 aromatic heterocycles. The van der Waals surface area contributed by atoms with Gasteiger partial charge in [-0.05, 0) is 49.3 Å². The highest BCUT2D eigenvalue weighted by molar-refractivity contribution is 8.15. The Bertz CT molecular complexity index is 740. The van der Waals surface area contributed by atoms with Crippen molar-refractivity contribution in [3.8, 4) is 0 Å². The number of hydrogen-bond acceptors (Lipinski definition) is 4. The lowest BCUT2D eigenvalue weighted by Crippen LogP contribution is -2.47. The maximum absolute atomic E-state index is 13.2. The lowest BCUT2D eigenvalue weighted by atomic mass is 9.85. The second kappa shape index (κ2) is 6.68. The van der Waals surface area contributed by atoms with Crippen LogP contribution < -0.4 is 0 Å². The summed E-state index contributed by atoms with van der Waals surface area (Å²) < 4.78 is 13.2. The number of amides is 3. The molecule has 4 rings (SSSR count). The minimum Gasteiger partial charge on any atom is -0.337 e. The van der Waals surface area contributed by atoms with Gasteiger partial charge in [-0.25, -0.2) is 4.39 Å². The Morgan fingerprint density at radius 1 is 1.15 bits per heavy atom. The minimum absolute atomic E-state index is 0.0241. The fourth-order valence-electron chi connectivity index (χ4n) is 4.54. The molecule has 3 fully saturated rings. The first-order chi connectivity index (χ1) is 12.4. The number of thioether (sulfide) groups is 1. The number of hydrogen-bond donors (Lipinski definition) is 0. The molecule has 0 N–H and O–H groups in total. The zero-order valence-electron chi connectivity index (χ0n) is 14.6. The van der Waals surface area contributed by atoms with E-state index < -0.39 is 5.25 Å². The van der Waals surface area contributed by atoms with E-state index in [0.717, 1.165) is 47.9 Å². The third-order valence-electron chi connectivity index (χ3n) is 5.85. The highest BCUT2D eigenvalue weighted by Gasteiger charge is 2.46. The Balaban J connectivity index is 1.43. The van der Waals surface area contributed by atoms with Crippen molar-refractivity contribution in [3.05, 3.63) is 35.6 Å². The van der Waals surface area contributed by atoms with Crippen LogP contribution in [0.2, 0.25) is 0 Å². The largest absolute Gasteiger partial charge is 0.337 e. The van der Waals surface area contributed by atoms with Gasteiger partial charge in [0.2, 0.25) is 11.8 Å². The molecule has 138 valence electrons. The average molecular weight is 376 g/mol. The van der Waals surface area contributed by atoms with Crippen LogP contribution in [-0.2, 0) is 9.59 Å². The summed E-state index contributed by atoms with van der Waals surface area (Å²) >= 11 is 0.950. The number of halogens is 1. The van der Waals surface area contributed by atoms with E-state index in [0.29, 0.717) is 5.92 Å².